The quantitative estimate of drug-likeness (QED) is 0.723. The largest absolute Gasteiger partial charge is 0.368 e. The fourth-order valence-electron chi connectivity index (χ4n) is 4.45. The van der Waals surface area contributed by atoms with Crippen molar-refractivity contribution in [1.82, 2.24) is 19.8 Å². The van der Waals surface area contributed by atoms with Gasteiger partial charge in [0.25, 0.3) is 0 Å². The van der Waals surface area contributed by atoms with Crippen molar-refractivity contribution in [2.75, 3.05) is 18.4 Å². The minimum absolute atomic E-state index is 0.127. The van der Waals surface area contributed by atoms with Crippen LogP contribution in [0.3, 0.4) is 0 Å². The molecule has 0 bridgehead atoms. The first kappa shape index (κ1) is 19.7. The van der Waals surface area contributed by atoms with Gasteiger partial charge in [0.1, 0.15) is 5.82 Å². The molecule has 31 heavy (non-hydrogen) atoms. The van der Waals surface area contributed by atoms with E-state index in [-0.39, 0.29) is 12.5 Å². The maximum absolute atomic E-state index is 13.8. The van der Waals surface area contributed by atoms with Crippen LogP contribution in [0.5, 0.6) is 0 Å². The number of nitrogens with one attached hydrogen (secondary N) is 1. The van der Waals surface area contributed by atoms with Crippen LogP contribution in [0.1, 0.15) is 25.7 Å². The third-order valence-electron chi connectivity index (χ3n) is 6.05. The predicted octanol–water partition coefficient (Wildman–Crippen LogP) is 2.88. The van der Waals surface area contributed by atoms with Crippen molar-refractivity contribution >= 4 is 11.7 Å². The fraction of sp³-hybridized carbons (Fsp3) is 0.348. The van der Waals surface area contributed by atoms with Crippen LogP contribution >= 0.6 is 0 Å². The molecule has 1 fully saturated rings. The molecule has 1 atom stereocenters. The molecular formula is C23H24FN5O2. The van der Waals surface area contributed by atoms with Crippen LogP contribution in [0, 0.1) is 5.95 Å². The highest BCUT2D eigenvalue weighted by molar-refractivity contribution is 5.91. The minimum Gasteiger partial charge on any atom is -0.368 e. The number of allylic oxidation sites excluding steroid dienone is 1. The molecule has 2 N–H and O–H groups in total. The Morgan fingerprint density at radius 1 is 1.29 bits per heavy atom. The zero-order chi connectivity index (χ0) is 21.5. The maximum Gasteiger partial charge on any atom is 0.245 e. The van der Waals surface area contributed by atoms with E-state index in [4.69, 9.17) is 0 Å². The first-order valence-corrected chi connectivity index (χ1v) is 10.5. The van der Waals surface area contributed by atoms with Crippen LogP contribution < -0.4 is 5.32 Å². The Morgan fingerprint density at radius 2 is 2.13 bits per heavy atom. The fourth-order valence-corrected chi connectivity index (χ4v) is 4.45. The van der Waals surface area contributed by atoms with Crippen LogP contribution in [-0.2, 0) is 4.79 Å². The van der Waals surface area contributed by atoms with Crippen LogP contribution in [0.2, 0.25) is 0 Å². The average molecular weight is 421 g/mol. The van der Waals surface area contributed by atoms with Crippen molar-refractivity contribution in [3.05, 3.63) is 66.2 Å². The second kappa shape index (κ2) is 7.77. The molecule has 1 aliphatic carbocycles. The number of halogens is 1. The molecule has 0 saturated heterocycles. The third-order valence-corrected chi connectivity index (χ3v) is 6.05. The summed E-state index contributed by atoms with van der Waals surface area (Å²) in [6.07, 6.45) is 6.11. The first-order valence-electron chi connectivity index (χ1n) is 10.5. The molecule has 8 heteroatoms. The summed E-state index contributed by atoms with van der Waals surface area (Å²) in [5, 5.41) is 13.7. The van der Waals surface area contributed by atoms with Gasteiger partial charge in [0.05, 0.1) is 12.2 Å². The molecule has 1 amide bonds. The second-order valence-corrected chi connectivity index (χ2v) is 8.17. The molecule has 0 spiro atoms. The Balaban J connectivity index is 1.26. The average Bonchev–Trinajstić information content (AvgIpc) is 3.56. The molecule has 1 unspecified atom stereocenters. The summed E-state index contributed by atoms with van der Waals surface area (Å²) in [5.74, 6) is -0.392. The normalized spacial score (nSPS) is 20.8. The Bertz CT molecular complexity index is 1060. The smallest absolute Gasteiger partial charge is 0.245 e. The number of aliphatic hydroxyl groups is 1. The van der Waals surface area contributed by atoms with Crippen molar-refractivity contribution in [1.29, 1.82) is 0 Å². The van der Waals surface area contributed by atoms with E-state index >= 15 is 0 Å². The summed E-state index contributed by atoms with van der Waals surface area (Å²) < 4.78 is 13.8. The zero-order valence-electron chi connectivity index (χ0n) is 17.1. The number of amides is 1. The summed E-state index contributed by atoms with van der Waals surface area (Å²) in [5.41, 5.74) is 3.72. The summed E-state index contributed by atoms with van der Waals surface area (Å²) in [4.78, 5) is 24.5. The van der Waals surface area contributed by atoms with Gasteiger partial charge in [-0.15, -0.1) is 0 Å². The van der Waals surface area contributed by atoms with Gasteiger partial charge in [-0.25, -0.2) is 9.97 Å². The third kappa shape index (κ3) is 3.67. The van der Waals surface area contributed by atoms with E-state index in [0.717, 1.165) is 42.7 Å². The molecule has 5 rings (SSSR count). The summed E-state index contributed by atoms with van der Waals surface area (Å²) in [7, 11) is 0. The molecule has 2 aliphatic heterocycles. The monoisotopic (exact) mass is 421 g/mol. The number of nitrogens with zero attached hydrogens (tertiary/aromatic N) is 4. The number of aliphatic hydroxyl groups excluding tert-OH is 1. The van der Waals surface area contributed by atoms with Gasteiger partial charge in [0, 0.05) is 41.8 Å². The first-order chi connectivity index (χ1) is 15.0. The standard InChI is InChI=1S/C23H24FN5O2/c1-14-17-5-3-11-28(21(17)23(31)29(14)16-7-8-16)13-20(30)27-19-9-6-15(12-26-19)18-4-2-10-25-22(18)24/h2,4,6,9-10,12,16,23,31H,1,3,5,7-8,11,13H2,(H,26,27,30). The van der Waals surface area contributed by atoms with Gasteiger partial charge in [-0.2, -0.15) is 4.39 Å². The number of hydrogen-bond donors (Lipinski definition) is 2. The van der Waals surface area contributed by atoms with Gasteiger partial charge in [0.15, 0.2) is 6.23 Å². The van der Waals surface area contributed by atoms with Crippen LogP contribution in [0.4, 0.5) is 10.2 Å². The Kier molecular flexibility index (Phi) is 4.94. The number of carbonyl (C=O) groups excluding carboxylic acids is 1. The molecule has 3 aliphatic rings. The zero-order valence-corrected chi connectivity index (χ0v) is 17.1. The number of anilines is 1. The van der Waals surface area contributed by atoms with Gasteiger partial charge < -0.3 is 20.2 Å². The van der Waals surface area contributed by atoms with Gasteiger partial charge in [-0.3, -0.25) is 4.79 Å². The van der Waals surface area contributed by atoms with Gasteiger partial charge in [0.2, 0.25) is 11.9 Å². The van der Waals surface area contributed by atoms with Crippen molar-refractivity contribution in [3.63, 3.8) is 0 Å². The molecule has 7 nitrogen and oxygen atoms in total. The highest BCUT2D eigenvalue weighted by Crippen LogP contribution is 2.44. The highest BCUT2D eigenvalue weighted by atomic mass is 19.1. The van der Waals surface area contributed by atoms with E-state index in [1.807, 2.05) is 9.80 Å². The summed E-state index contributed by atoms with van der Waals surface area (Å²) in [6, 6.07) is 6.98. The lowest BCUT2D eigenvalue weighted by atomic mass is 10.0. The Labute approximate surface area is 179 Å². The lowest BCUT2D eigenvalue weighted by Crippen LogP contribution is -2.41. The lowest BCUT2D eigenvalue weighted by molar-refractivity contribution is -0.117. The van der Waals surface area contributed by atoms with Crippen molar-refractivity contribution in [2.24, 2.45) is 0 Å². The van der Waals surface area contributed by atoms with Gasteiger partial charge >= 0.3 is 0 Å². The number of pyridine rings is 2. The summed E-state index contributed by atoms with van der Waals surface area (Å²) in [6.45, 7) is 5.03. The lowest BCUT2D eigenvalue weighted by Gasteiger charge is -2.32. The number of hydrogen-bond acceptors (Lipinski definition) is 6. The summed E-state index contributed by atoms with van der Waals surface area (Å²) >= 11 is 0. The van der Waals surface area contributed by atoms with Gasteiger partial charge in [-0.05, 0) is 55.5 Å². The minimum atomic E-state index is -0.727. The van der Waals surface area contributed by atoms with E-state index in [0.29, 0.717) is 29.5 Å². The van der Waals surface area contributed by atoms with Crippen molar-refractivity contribution in [2.45, 2.75) is 38.0 Å². The van der Waals surface area contributed by atoms with E-state index in [9.17, 15) is 14.3 Å². The van der Waals surface area contributed by atoms with Crippen LogP contribution in [-0.4, -0.2) is 56.1 Å². The predicted molar refractivity (Wildman–Crippen MR) is 114 cm³/mol. The molecular weight excluding hydrogens is 397 g/mol. The number of carbonyl (C=O) groups is 1. The Hall–Kier alpha value is -3.26. The SMILES string of the molecule is C=C1C2=C(C(O)N1C1CC1)N(CC(=O)Nc1ccc(-c3cccnc3F)cn1)CCC2. The number of rotatable bonds is 5. The topological polar surface area (TPSA) is 81.6 Å². The van der Waals surface area contributed by atoms with Crippen molar-refractivity contribution < 1.29 is 14.3 Å². The van der Waals surface area contributed by atoms with E-state index in [1.165, 1.54) is 12.4 Å². The van der Waals surface area contributed by atoms with E-state index in [1.54, 1.807) is 24.3 Å². The maximum atomic E-state index is 13.8. The molecule has 4 heterocycles. The second-order valence-electron chi connectivity index (χ2n) is 8.17. The molecule has 160 valence electrons. The van der Waals surface area contributed by atoms with E-state index in [2.05, 4.69) is 21.9 Å². The molecule has 0 aromatic carbocycles. The number of aromatic nitrogens is 2. The molecule has 2 aromatic heterocycles. The molecule has 2 aromatic rings. The Morgan fingerprint density at radius 3 is 2.84 bits per heavy atom. The van der Waals surface area contributed by atoms with Crippen LogP contribution in [0.25, 0.3) is 11.1 Å². The van der Waals surface area contributed by atoms with Crippen LogP contribution in [0.15, 0.2) is 60.2 Å². The van der Waals surface area contributed by atoms with E-state index < -0.39 is 12.2 Å². The van der Waals surface area contributed by atoms with Crippen molar-refractivity contribution in [3.8, 4) is 11.1 Å². The van der Waals surface area contributed by atoms with Gasteiger partial charge in [-0.1, -0.05) is 6.58 Å². The molecule has 0 radical (unpaired) electrons. The highest BCUT2D eigenvalue weighted by Gasteiger charge is 2.45. The molecule has 1 saturated carbocycles.